The fourth-order valence-corrected chi connectivity index (χ4v) is 4.03. The molecule has 0 aliphatic carbocycles. The third kappa shape index (κ3) is 3.03. The molecule has 1 N–H and O–H groups in total. The second-order valence-electron chi connectivity index (χ2n) is 7.06. The smallest absolute Gasteiger partial charge is 0.244 e. The van der Waals surface area contributed by atoms with Crippen LogP contribution in [-0.4, -0.2) is 54.7 Å². The number of anilines is 2. The molecule has 5 nitrogen and oxygen atoms in total. The molecule has 1 saturated heterocycles. The first-order valence-electron chi connectivity index (χ1n) is 9.31. The van der Waals surface area contributed by atoms with Gasteiger partial charge < -0.3 is 14.9 Å². The normalized spacial score (nSPS) is 18.7. The molecular formula is C21H25N3O2. The third-order valence-electron chi connectivity index (χ3n) is 5.59. The zero-order chi connectivity index (χ0) is 18.1. The maximum atomic E-state index is 13.0. The van der Waals surface area contributed by atoms with Gasteiger partial charge in [-0.05, 0) is 37.1 Å². The maximum absolute atomic E-state index is 13.0. The van der Waals surface area contributed by atoms with Crippen molar-refractivity contribution in [3.63, 3.8) is 0 Å². The van der Waals surface area contributed by atoms with Crippen LogP contribution in [-0.2, 0) is 11.2 Å². The highest BCUT2D eigenvalue weighted by Crippen LogP contribution is 2.30. The van der Waals surface area contributed by atoms with Crippen molar-refractivity contribution in [3.05, 3.63) is 54.1 Å². The SMILES string of the molecule is C[C@@H](C(=O)N1CCc2ccccc21)N1CCN(c2ccccc2O)CC1. The molecule has 2 aromatic carbocycles. The van der Waals surface area contributed by atoms with Crippen molar-refractivity contribution in [1.82, 2.24) is 4.90 Å². The van der Waals surface area contributed by atoms with Crippen LogP contribution in [0.1, 0.15) is 12.5 Å². The Morgan fingerprint density at radius 3 is 2.31 bits per heavy atom. The molecule has 2 heterocycles. The second-order valence-corrected chi connectivity index (χ2v) is 7.06. The molecule has 2 aromatic rings. The van der Waals surface area contributed by atoms with E-state index in [0.29, 0.717) is 5.75 Å². The number of rotatable bonds is 3. The number of carbonyl (C=O) groups is 1. The van der Waals surface area contributed by atoms with Crippen molar-refractivity contribution >= 4 is 17.3 Å². The van der Waals surface area contributed by atoms with E-state index < -0.39 is 0 Å². The molecule has 136 valence electrons. The fourth-order valence-electron chi connectivity index (χ4n) is 4.03. The Kier molecular flexibility index (Phi) is 4.55. The number of phenols is 1. The Bertz CT molecular complexity index is 799. The summed E-state index contributed by atoms with van der Waals surface area (Å²) in [6, 6.07) is 15.5. The topological polar surface area (TPSA) is 47.0 Å². The van der Waals surface area contributed by atoms with E-state index in [2.05, 4.69) is 15.9 Å². The summed E-state index contributed by atoms with van der Waals surface area (Å²) in [4.78, 5) is 19.4. The van der Waals surface area contributed by atoms with Crippen molar-refractivity contribution in [3.8, 4) is 5.75 Å². The van der Waals surface area contributed by atoms with Crippen LogP contribution < -0.4 is 9.80 Å². The molecule has 0 spiro atoms. The molecule has 1 atom stereocenters. The van der Waals surface area contributed by atoms with Crippen LogP contribution in [0.5, 0.6) is 5.75 Å². The Morgan fingerprint density at radius 2 is 1.58 bits per heavy atom. The van der Waals surface area contributed by atoms with Crippen LogP contribution in [0.2, 0.25) is 0 Å². The van der Waals surface area contributed by atoms with Crippen molar-refractivity contribution < 1.29 is 9.90 Å². The van der Waals surface area contributed by atoms with Gasteiger partial charge in [0.15, 0.2) is 0 Å². The van der Waals surface area contributed by atoms with Crippen LogP contribution >= 0.6 is 0 Å². The number of aromatic hydroxyl groups is 1. The minimum absolute atomic E-state index is 0.132. The monoisotopic (exact) mass is 351 g/mol. The van der Waals surface area contributed by atoms with Crippen LogP contribution in [0.3, 0.4) is 0 Å². The summed E-state index contributed by atoms with van der Waals surface area (Å²) in [5.41, 5.74) is 3.20. The van der Waals surface area contributed by atoms with Gasteiger partial charge in [-0.3, -0.25) is 9.69 Å². The maximum Gasteiger partial charge on any atom is 0.244 e. The van der Waals surface area contributed by atoms with E-state index in [1.807, 2.05) is 48.2 Å². The van der Waals surface area contributed by atoms with Crippen molar-refractivity contribution in [1.29, 1.82) is 0 Å². The molecule has 1 fully saturated rings. The number of amides is 1. The summed E-state index contributed by atoms with van der Waals surface area (Å²) >= 11 is 0. The van der Waals surface area contributed by atoms with Gasteiger partial charge in [0.1, 0.15) is 5.75 Å². The van der Waals surface area contributed by atoms with Crippen molar-refractivity contribution in [2.45, 2.75) is 19.4 Å². The minimum Gasteiger partial charge on any atom is -0.506 e. The molecule has 2 aliphatic heterocycles. The molecule has 0 bridgehead atoms. The lowest BCUT2D eigenvalue weighted by molar-refractivity contribution is -0.123. The summed E-state index contributed by atoms with van der Waals surface area (Å²) in [5, 5.41) is 10.0. The lowest BCUT2D eigenvalue weighted by Gasteiger charge is -2.39. The third-order valence-corrected chi connectivity index (χ3v) is 5.59. The van der Waals surface area contributed by atoms with Crippen molar-refractivity contribution in [2.75, 3.05) is 42.5 Å². The Balaban J connectivity index is 1.40. The van der Waals surface area contributed by atoms with E-state index in [1.54, 1.807) is 6.07 Å². The van der Waals surface area contributed by atoms with E-state index in [-0.39, 0.29) is 11.9 Å². The average Bonchev–Trinajstić information content (AvgIpc) is 3.11. The molecule has 5 heteroatoms. The summed E-state index contributed by atoms with van der Waals surface area (Å²) in [6.07, 6.45) is 0.940. The van der Waals surface area contributed by atoms with Gasteiger partial charge in [-0.1, -0.05) is 30.3 Å². The quantitative estimate of drug-likeness (QED) is 0.923. The number of piperazine rings is 1. The lowest BCUT2D eigenvalue weighted by atomic mass is 10.1. The first kappa shape index (κ1) is 16.9. The molecule has 0 saturated carbocycles. The zero-order valence-corrected chi connectivity index (χ0v) is 15.1. The highest BCUT2D eigenvalue weighted by atomic mass is 16.3. The molecule has 0 unspecified atom stereocenters. The number of hydrogen-bond donors (Lipinski definition) is 1. The highest BCUT2D eigenvalue weighted by molar-refractivity contribution is 5.98. The zero-order valence-electron chi connectivity index (χ0n) is 15.1. The minimum atomic E-state index is -0.132. The number of phenolic OH excluding ortho intramolecular Hbond substituents is 1. The van der Waals surface area contributed by atoms with E-state index >= 15 is 0 Å². The standard InChI is InChI=1S/C21H25N3O2/c1-16(21(26)24-11-10-17-6-2-3-7-18(17)24)22-12-14-23(15-13-22)19-8-4-5-9-20(19)25/h2-9,16,25H,10-15H2,1H3/t16-/m0/s1. The Morgan fingerprint density at radius 1 is 0.923 bits per heavy atom. The van der Waals surface area contributed by atoms with Crippen molar-refractivity contribution in [2.24, 2.45) is 0 Å². The highest BCUT2D eigenvalue weighted by Gasteiger charge is 2.32. The van der Waals surface area contributed by atoms with Gasteiger partial charge in [0.05, 0.1) is 11.7 Å². The first-order chi connectivity index (χ1) is 12.6. The van der Waals surface area contributed by atoms with Crippen LogP contribution in [0, 0.1) is 0 Å². The summed E-state index contributed by atoms with van der Waals surface area (Å²) in [5.74, 6) is 0.504. The van der Waals surface area contributed by atoms with Crippen LogP contribution in [0.25, 0.3) is 0 Å². The summed E-state index contributed by atoms with van der Waals surface area (Å²) in [6.45, 7) is 6.05. The summed E-state index contributed by atoms with van der Waals surface area (Å²) < 4.78 is 0. The molecule has 0 aromatic heterocycles. The fraction of sp³-hybridized carbons (Fsp3) is 0.381. The van der Waals surface area contributed by atoms with Gasteiger partial charge in [-0.2, -0.15) is 0 Å². The molecular weight excluding hydrogens is 326 g/mol. The van der Waals surface area contributed by atoms with Crippen LogP contribution in [0.15, 0.2) is 48.5 Å². The number of para-hydroxylation sites is 3. The van der Waals surface area contributed by atoms with Gasteiger partial charge >= 0.3 is 0 Å². The average molecular weight is 351 g/mol. The number of hydrogen-bond acceptors (Lipinski definition) is 4. The largest absolute Gasteiger partial charge is 0.506 e. The van der Waals surface area contributed by atoms with Gasteiger partial charge in [0, 0.05) is 38.4 Å². The Hall–Kier alpha value is -2.53. The Labute approximate surface area is 154 Å². The van der Waals surface area contributed by atoms with E-state index in [9.17, 15) is 9.90 Å². The number of fused-ring (bicyclic) bond motifs is 1. The molecule has 2 aliphatic rings. The predicted molar refractivity (Wildman–Crippen MR) is 104 cm³/mol. The van der Waals surface area contributed by atoms with Gasteiger partial charge in [-0.25, -0.2) is 0 Å². The van der Waals surface area contributed by atoms with Gasteiger partial charge in [0.25, 0.3) is 0 Å². The van der Waals surface area contributed by atoms with Gasteiger partial charge in [0.2, 0.25) is 5.91 Å². The number of carbonyl (C=O) groups excluding carboxylic acids is 1. The number of nitrogens with zero attached hydrogens (tertiary/aromatic N) is 3. The lowest BCUT2D eigenvalue weighted by Crippen LogP contribution is -2.54. The summed E-state index contributed by atoms with van der Waals surface area (Å²) in [7, 11) is 0. The molecule has 26 heavy (non-hydrogen) atoms. The van der Waals surface area contributed by atoms with Crippen LogP contribution in [0.4, 0.5) is 11.4 Å². The molecule has 4 rings (SSSR count). The van der Waals surface area contributed by atoms with E-state index in [0.717, 1.165) is 50.5 Å². The molecule has 1 amide bonds. The van der Waals surface area contributed by atoms with E-state index in [1.165, 1.54) is 5.56 Å². The van der Waals surface area contributed by atoms with E-state index in [4.69, 9.17) is 0 Å². The second kappa shape index (κ2) is 7.00. The molecule has 0 radical (unpaired) electrons. The first-order valence-corrected chi connectivity index (χ1v) is 9.31. The predicted octanol–water partition coefficient (Wildman–Crippen LogP) is 2.49. The number of benzene rings is 2. The van der Waals surface area contributed by atoms with Gasteiger partial charge in [-0.15, -0.1) is 0 Å².